The summed E-state index contributed by atoms with van der Waals surface area (Å²) < 4.78 is 7.20. The van der Waals surface area contributed by atoms with E-state index in [9.17, 15) is 0 Å². The van der Waals surface area contributed by atoms with Crippen LogP contribution in [-0.2, 0) is 11.3 Å². The third-order valence-electron chi connectivity index (χ3n) is 2.58. The highest BCUT2D eigenvalue weighted by Crippen LogP contribution is 2.06. The highest BCUT2D eigenvalue weighted by atomic mass is 16.5. The van der Waals surface area contributed by atoms with Gasteiger partial charge in [-0.05, 0) is 13.8 Å². The molecule has 2 heterocycles. The molecule has 1 fully saturated rings. The van der Waals surface area contributed by atoms with E-state index in [4.69, 9.17) is 4.74 Å². The molecule has 84 valence electrons. The molecule has 0 bridgehead atoms. The van der Waals surface area contributed by atoms with Crippen LogP contribution < -0.4 is 0 Å². The Kier molecular flexibility index (Phi) is 3.33. The Hall–Kier alpha value is -0.940. The molecule has 0 N–H and O–H groups in total. The number of hydrogen-bond donors (Lipinski definition) is 0. The van der Waals surface area contributed by atoms with Crippen molar-refractivity contribution in [2.75, 3.05) is 26.3 Å². The summed E-state index contributed by atoms with van der Waals surface area (Å²) in [7, 11) is 0. The maximum absolute atomic E-state index is 5.30. The van der Waals surface area contributed by atoms with Gasteiger partial charge in [-0.15, -0.1) is 5.10 Å². The fourth-order valence-corrected chi connectivity index (χ4v) is 1.63. The zero-order valence-corrected chi connectivity index (χ0v) is 9.39. The van der Waals surface area contributed by atoms with Gasteiger partial charge >= 0.3 is 0 Å². The summed E-state index contributed by atoms with van der Waals surface area (Å²) in [5.74, 6) is 0. The van der Waals surface area contributed by atoms with Crippen LogP contribution in [0, 0.1) is 0 Å². The SMILES string of the molecule is CC(C)n1cc(CN2CCOCC2)nn1. The lowest BCUT2D eigenvalue weighted by Crippen LogP contribution is -2.35. The zero-order valence-electron chi connectivity index (χ0n) is 9.39. The highest BCUT2D eigenvalue weighted by molar-refractivity contribution is 4.93. The molecule has 0 amide bonds. The molecule has 1 saturated heterocycles. The van der Waals surface area contributed by atoms with Crippen molar-refractivity contribution in [3.8, 4) is 0 Å². The third kappa shape index (κ3) is 2.76. The highest BCUT2D eigenvalue weighted by Gasteiger charge is 2.12. The van der Waals surface area contributed by atoms with E-state index < -0.39 is 0 Å². The van der Waals surface area contributed by atoms with E-state index in [1.165, 1.54) is 0 Å². The number of morpholine rings is 1. The molecular weight excluding hydrogens is 192 g/mol. The lowest BCUT2D eigenvalue weighted by atomic mass is 10.3. The van der Waals surface area contributed by atoms with E-state index in [1.54, 1.807) is 0 Å². The number of ether oxygens (including phenoxy) is 1. The number of aromatic nitrogens is 3. The maximum Gasteiger partial charge on any atom is 0.0967 e. The largest absolute Gasteiger partial charge is 0.379 e. The first-order chi connectivity index (χ1) is 7.25. The second-order valence-corrected chi connectivity index (χ2v) is 4.17. The van der Waals surface area contributed by atoms with Crippen molar-refractivity contribution in [1.29, 1.82) is 0 Å². The number of nitrogens with zero attached hydrogens (tertiary/aromatic N) is 4. The van der Waals surface area contributed by atoms with Gasteiger partial charge < -0.3 is 4.74 Å². The summed E-state index contributed by atoms with van der Waals surface area (Å²) >= 11 is 0. The first-order valence-electron chi connectivity index (χ1n) is 5.46. The second-order valence-electron chi connectivity index (χ2n) is 4.17. The molecule has 0 saturated carbocycles. The molecule has 1 aromatic rings. The quantitative estimate of drug-likeness (QED) is 0.736. The third-order valence-corrected chi connectivity index (χ3v) is 2.58. The summed E-state index contributed by atoms with van der Waals surface area (Å²) in [5, 5.41) is 8.25. The lowest BCUT2D eigenvalue weighted by Gasteiger charge is -2.25. The van der Waals surface area contributed by atoms with E-state index in [0.717, 1.165) is 38.5 Å². The molecule has 1 aliphatic rings. The molecule has 0 spiro atoms. The van der Waals surface area contributed by atoms with Gasteiger partial charge in [0.05, 0.1) is 25.1 Å². The van der Waals surface area contributed by atoms with Gasteiger partial charge in [-0.25, -0.2) is 4.68 Å². The van der Waals surface area contributed by atoms with Crippen LogP contribution in [0.25, 0.3) is 0 Å². The number of hydrogen-bond acceptors (Lipinski definition) is 4. The Bertz CT molecular complexity index is 304. The number of rotatable bonds is 3. The molecule has 0 aromatic carbocycles. The van der Waals surface area contributed by atoms with Crippen LogP contribution in [0.4, 0.5) is 0 Å². The van der Waals surface area contributed by atoms with E-state index in [1.807, 2.05) is 10.9 Å². The Morgan fingerprint density at radius 3 is 2.73 bits per heavy atom. The standard InChI is InChI=1S/C10H18N4O/c1-9(2)14-8-10(11-12-14)7-13-3-5-15-6-4-13/h8-9H,3-7H2,1-2H3. The minimum atomic E-state index is 0.385. The van der Waals surface area contributed by atoms with Gasteiger partial charge in [-0.3, -0.25) is 4.90 Å². The maximum atomic E-state index is 5.30. The van der Waals surface area contributed by atoms with Crippen molar-refractivity contribution in [2.45, 2.75) is 26.4 Å². The molecule has 0 unspecified atom stereocenters. The van der Waals surface area contributed by atoms with E-state index in [0.29, 0.717) is 6.04 Å². The van der Waals surface area contributed by atoms with Crippen molar-refractivity contribution >= 4 is 0 Å². The fraction of sp³-hybridized carbons (Fsp3) is 0.800. The summed E-state index contributed by atoms with van der Waals surface area (Å²) in [4.78, 5) is 2.35. The molecule has 0 radical (unpaired) electrons. The Balaban J connectivity index is 1.91. The molecule has 0 atom stereocenters. The zero-order chi connectivity index (χ0) is 10.7. The van der Waals surface area contributed by atoms with Crippen LogP contribution in [-0.4, -0.2) is 46.2 Å². The summed E-state index contributed by atoms with van der Waals surface area (Å²) in [5.41, 5.74) is 1.05. The summed E-state index contributed by atoms with van der Waals surface area (Å²) in [6.07, 6.45) is 2.03. The van der Waals surface area contributed by atoms with Gasteiger partial charge in [0.25, 0.3) is 0 Å². The van der Waals surface area contributed by atoms with Crippen molar-refractivity contribution < 1.29 is 4.74 Å². The molecule has 0 aliphatic carbocycles. The smallest absolute Gasteiger partial charge is 0.0967 e. The van der Waals surface area contributed by atoms with E-state index in [2.05, 4.69) is 29.1 Å². The van der Waals surface area contributed by atoms with Gasteiger partial charge in [-0.1, -0.05) is 5.21 Å². The monoisotopic (exact) mass is 210 g/mol. The van der Waals surface area contributed by atoms with Gasteiger partial charge in [0.1, 0.15) is 0 Å². The predicted molar refractivity (Wildman–Crippen MR) is 56.5 cm³/mol. The average Bonchev–Trinajstić information content (AvgIpc) is 2.68. The molecule has 5 nitrogen and oxygen atoms in total. The molecule has 2 rings (SSSR count). The fourth-order valence-electron chi connectivity index (χ4n) is 1.63. The molecular formula is C10H18N4O. The molecule has 1 aromatic heterocycles. The van der Waals surface area contributed by atoms with E-state index in [-0.39, 0.29) is 0 Å². The van der Waals surface area contributed by atoms with Gasteiger partial charge in [0.2, 0.25) is 0 Å². The van der Waals surface area contributed by atoms with E-state index >= 15 is 0 Å². The lowest BCUT2D eigenvalue weighted by molar-refractivity contribution is 0.0336. The van der Waals surface area contributed by atoms with Crippen LogP contribution in [0.1, 0.15) is 25.6 Å². The normalized spacial score (nSPS) is 18.6. The van der Waals surface area contributed by atoms with Crippen molar-refractivity contribution in [1.82, 2.24) is 19.9 Å². The van der Waals surface area contributed by atoms with Crippen LogP contribution in [0.2, 0.25) is 0 Å². The predicted octanol–water partition coefficient (Wildman–Crippen LogP) is 0.691. The van der Waals surface area contributed by atoms with Crippen molar-refractivity contribution in [3.05, 3.63) is 11.9 Å². The van der Waals surface area contributed by atoms with Crippen LogP contribution in [0.5, 0.6) is 0 Å². The topological polar surface area (TPSA) is 43.2 Å². The van der Waals surface area contributed by atoms with Crippen LogP contribution >= 0.6 is 0 Å². The van der Waals surface area contributed by atoms with Crippen LogP contribution in [0.3, 0.4) is 0 Å². The molecule has 15 heavy (non-hydrogen) atoms. The second kappa shape index (κ2) is 4.72. The van der Waals surface area contributed by atoms with Crippen molar-refractivity contribution in [2.24, 2.45) is 0 Å². The molecule has 5 heteroatoms. The van der Waals surface area contributed by atoms with Crippen LogP contribution in [0.15, 0.2) is 6.20 Å². The minimum absolute atomic E-state index is 0.385. The average molecular weight is 210 g/mol. The molecule has 1 aliphatic heterocycles. The van der Waals surface area contributed by atoms with Gasteiger partial charge in [-0.2, -0.15) is 0 Å². The summed E-state index contributed by atoms with van der Waals surface area (Å²) in [6.45, 7) is 8.75. The summed E-state index contributed by atoms with van der Waals surface area (Å²) in [6, 6.07) is 0.385. The van der Waals surface area contributed by atoms with Gasteiger partial charge in [0, 0.05) is 25.7 Å². The minimum Gasteiger partial charge on any atom is -0.379 e. The Morgan fingerprint density at radius 1 is 1.40 bits per heavy atom. The Morgan fingerprint density at radius 2 is 2.13 bits per heavy atom. The first-order valence-corrected chi connectivity index (χ1v) is 5.46. The van der Waals surface area contributed by atoms with Gasteiger partial charge in [0.15, 0.2) is 0 Å². The Labute approximate surface area is 90.0 Å². The van der Waals surface area contributed by atoms with Crippen molar-refractivity contribution in [3.63, 3.8) is 0 Å². The first kappa shape index (κ1) is 10.6.